The van der Waals surface area contributed by atoms with E-state index in [2.05, 4.69) is 54.6 Å². The van der Waals surface area contributed by atoms with Crippen LogP contribution >= 0.6 is 0 Å². The van der Waals surface area contributed by atoms with Crippen molar-refractivity contribution in [2.45, 2.75) is 13.8 Å². The number of hydrogen-bond donors (Lipinski definition) is 0. The lowest BCUT2D eigenvalue weighted by molar-refractivity contribution is 0.0775. The maximum Gasteiger partial charge on any atom is 0.254 e. The molecule has 0 unspecified atom stereocenters. The van der Waals surface area contributed by atoms with Crippen LogP contribution in [0.15, 0.2) is 66.7 Å². The molecule has 0 aliphatic carbocycles. The van der Waals surface area contributed by atoms with E-state index >= 15 is 0 Å². The van der Waals surface area contributed by atoms with Gasteiger partial charge in [0.25, 0.3) is 5.91 Å². The van der Waals surface area contributed by atoms with Crippen LogP contribution in [-0.4, -0.2) is 23.9 Å². The van der Waals surface area contributed by atoms with Gasteiger partial charge in [0.05, 0.1) is 0 Å². The summed E-state index contributed by atoms with van der Waals surface area (Å²) in [5.74, 6) is 0.107. The minimum atomic E-state index is 0.107. The van der Waals surface area contributed by atoms with Crippen molar-refractivity contribution < 1.29 is 4.79 Å². The van der Waals surface area contributed by atoms with E-state index in [1.54, 1.807) is 0 Å². The molecule has 124 valence electrons. The van der Waals surface area contributed by atoms with E-state index in [4.69, 9.17) is 0 Å². The molecule has 0 aromatic heterocycles. The number of nitrogens with zero attached hydrogens (tertiary/aromatic N) is 1. The molecule has 0 spiro atoms. The summed E-state index contributed by atoms with van der Waals surface area (Å²) in [6.45, 7) is 5.50. The molecule has 0 atom stereocenters. The maximum atomic E-state index is 12.9. The van der Waals surface area contributed by atoms with Gasteiger partial charge in [0, 0.05) is 18.7 Å². The molecule has 4 aromatic rings. The Morgan fingerprint density at radius 2 is 1.28 bits per heavy atom. The van der Waals surface area contributed by atoms with Gasteiger partial charge < -0.3 is 4.90 Å². The zero-order valence-electron chi connectivity index (χ0n) is 14.6. The van der Waals surface area contributed by atoms with Crippen LogP contribution in [0.1, 0.15) is 24.2 Å². The van der Waals surface area contributed by atoms with Crippen LogP contribution in [0.2, 0.25) is 0 Å². The first-order valence-electron chi connectivity index (χ1n) is 8.87. The van der Waals surface area contributed by atoms with Crippen molar-refractivity contribution in [3.8, 4) is 0 Å². The second kappa shape index (κ2) is 6.21. The van der Waals surface area contributed by atoms with Crippen molar-refractivity contribution >= 4 is 38.2 Å². The second-order valence-electron chi connectivity index (χ2n) is 6.33. The summed E-state index contributed by atoms with van der Waals surface area (Å²) in [6.07, 6.45) is 0. The van der Waals surface area contributed by atoms with E-state index in [1.807, 2.05) is 30.9 Å². The standard InChI is InChI=1S/C23H21NO/c1-3-24(4-2)23(25)22-11-7-10-18-20-13-12-16-8-5-6-9-17(16)19(20)14-15-21(18)22/h5-15H,3-4H2,1-2H3. The first kappa shape index (κ1) is 15.6. The van der Waals surface area contributed by atoms with Crippen molar-refractivity contribution in [1.82, 2.24) is 4.90 Å². The van der Waals surface area contributed by atoms with Crippen LogP contribution in [0, 0.1) is 0 Å². The van der Waals surface area contributed by atoms with Gasteiger partial charge in [-0.05, 0) is 52.2 Å². The number of fused-ring (bicyclic) bond motifs is 5. The Labute approximate surface area is 147 Å². The highest BCUT2D eigenvalue weighted by Gasteiger charge is 2.16. The van der Waals surface area contributed by atoms with Crippen molar-refractivity contribution in [3.63, 3.8) is 0 Å². The van der Waals surface area contributed by atoms with E-state index in [1.165, 1.54) is 21.5 Å². The molecule has 0 aliphatic rings. The maximum absolute atomic E-state index is 12.9. The second-order valence-corrected chi connectivity index (χ2v) is 6.33. The summed E-state index contributed by atoms with van der Waals surface area (Å²) in [5, 5.41) is 7.10. The molecule has 0 N–H and O–H groups in total. The smallest absolute Gasteiger partial charge is 0.254 e. The van der Waals surface area contributed by atoms with Gasteiger partial charge in [0.15, 0.2) is 0 Å². The van der Waals surface area contributed by atoms with E-state index in [0.29, 0.717) is 0 Å². The molecule has 0 saturated carbocycles. The average Bonchev–Trinajstić information content (AvgIpc) is 2.67. The lowest BCUT2D eigenvalue weighted by atomic mass is 9.94. The molecule has 0 saturated heterocycles. The minimum Gasteiger partial charge on any atom is -0.339 e. The molecule has 4 rings (SSSR count). The first-order valence-corrected chi connectivity index (χ1v) is 8.87. The molecular formula is C23H21NO. The monoisotopic (exact) mass is 327 g/mol. The first-order chi connectivity index (χ1) is 12.2. The number of amides is 1. The fourth-order valence-electron chi connectivity index (χ4n) is 3.72. The van der Waals surface area contributed by atoms with Crippen molar-refractivity contribution in [1.29, 1.82) is 0 Å². The Bertz CT molecular complexity index is 1090. The molecule has 0 heterocycles. The quantitative estimate of drug-likeness (QED) is 0.447. The van der Waals surface area contributed by atoms with Crippen LogP contribution in [0.4, 0.5) is 0 Å². The lowest BCUT2D eigenvalue weighted by Gasteiger charge is -2.20. The minimum absolute atomic E-state index is 0.107. The third-order valence-corrected chi connectivity index (χ3v) is 5.06. The molecule has 25 heavy (non-hydrogen) atoms. The third kappa shape index (κ3) is 2.45. The van der Waals surface area contributed by atoms with Gasteiger partial charge in [0.1, 0.15) is 0 Å². The number of carbonyl (C=O) groups excluding carboxylic acids is 1. The zero-order valence-corrected chi connectivity index (χ0v) is 14.6. The zero-order chi connectivity index (χ0) is 17.4. The number of hydrogen-bond acceptors (Lipinski definition) is 1. The van der Waals surface area contributed by atoms with Crippen LogP contribution in [0.3, 0.4) is 0 Å². The summed E-state index contributed by atoms with van der Waals surface area (Å²) < 4.78 is 0. The van der Waals surface area contributed by atoms with Gasteiger partial charge in [-0.15, -0.1) is 0 Å². The summed E-state index contributed by atoms with van der Waals surface area (Å²) in [7, 11) is 0. The molecule has 0 aliphatic heterocycles. The van der Waals surface area contributed by atoms with Gasteiger partial charge in [-0.2, -0.15) is 0 Å². The topological polar surface area (TPSA) is 20.3 Å². The molecule has 0 bridgehead atoms. The molecular weight excluding hydrogens is 306 g/mol. The Morgan fingerprint density at radius 1 is 0.680 bits per heavy atom. The molecule has 4 aromatic carbocycles. The summed E-state index contributed by atoms with van der Waals surface area (Å²) in [5.41, 5.74) is 0.788. The number of carbonyl (C=O) groups is 1. The van der Waals surface area contributed by atoms with Gasteiger partial charge >= 0.3 is 0 Å². The summed E-state index contributed by atoms with van der Waals surface area (Å²) >= 11 is 0. The molecule has 2 heteroatoms. The Hall–Kier alpha value is -2.87. The van der Waals surface area contributed by atoms with Crippen LogP contribution in [0.5, 0.6) is 0 Å². The molecule has 1 amide bonds. The largest absolute Gasteiger partial charge is 0.339 e. The fraction of sp³-hybridized carbons (Fsp3) is 0.174. The number of rotatable bonds is 3. The van der Waals surface area contributed by atoms with Gasteiger partial charge in [-0.3, -0.25) is 4.79 Å². The Balaban J connectivity index is 2.02. The van der Waals surface area contributed by atoms with Crippen molar-refractivity contribution in [3.05, 3.63) is 72.3 Å². The summed E-state index contributed by atoms with van der Waals surface area (Å²) in [4.78, 5) is 14.8. The highest BCUT2D eigenvalue weighted by molar-refractivity contribution is 6.20. The van der Waals surface area contributed by atoms with Crippen LogP contribution in [-0.2, 0) is 0 Å². The average molecular weight is 327 g/mol. The Kier molecular flexibility index (Phi) is 3.89. The third-order valence-electron chi connectivity index (χ3n) is 5.06. The molecule has 0 fully saturated rings. The predicted molar refractivity (Wildman–Crippen MR) is 106 cm³/mol. The van der Waals surface area contributed by atoms with Gasteiger partial charge in [-0.25, -0.2) is 0 Å². The normalized spacial score (nSPS) is 11.3. The highest BCUT2D eigenvalue weighted by Crippen LogP contribution is 2.32. The van der Waals surface area contributed by atoms with E-state index in [0.717, 1.165) is 29.4 Å². The van der Waals surface area contributed by atoms with Crippen molar-refractivity contribution in [2.75, 3.05) is 13.1 Å². The van der Waals surface area contributed by atoms with Gasteiger partial charge in [0.2, 0.25) is 0 Å². The predicted octanol–water partition coefficient (Wildman–Crippen LogP) is 5.63. The summed E-state index contributed by atoms with van der Waals surface area (Å²) in [6, 6.07) is 23.1. The highest BCUT2D eigenvalue weighted by atomic mass is 16.2. The molecule has 0 radical (unpaired) electrons. The van der Waals surface area contributed by atoms with Crippen molar-refractivity contribution in [2.24, 2.45) is 0 Å². The van der Waals surface area contributed by atoms with Crippen LogP contribution in [0.25, 0.3) is 32.3 Å². The fourth-order valence-corrected chi connectivity index (χ4v) is 3.72. The SMILES string of the molecule is CCN(CC)C(=O)c1cccc2c1ccc1c3ccccc3ccc21. The Morgan fingerprint density at radius 3 is 2.08 bits per heavy atom. The van der Waals surface area contributed by atoms with Gasteiger partial charge in [-0.1, -0.05) is 60.7 Å². The van der Waals surface area contributed by atoms with E-state index < -0.39 is 0 Å². The molecule has 2 nitrogen and oxygen atoms in total. The lowest BCUT2D eigenvalue weighted by Crippen LogP contribution is -2.30. The van der Waals surface area contributed by atoms with E-state index in [-0.39, 0.29) is 5.91 Å². The number of benzene rings is 4. The van der Waals surface area contributed by atoms with Crippen LogP contribution < -0.4 is 0 Å². The van der Waals surface area contributed by atoms with E-state index in [9.17, 15) is 4.79 Å².